The van der Waals surface area contributed by atoms with Gasteiger partial charge in [-0.1, -0.05) is 0 Å². The van der Waals surface area contributed by atoms with E-state index in [1.807, 2.05) is 4.98 Å². The van der Waals surface area contributed by atoms with Crippen molar-refractivity contribution < 1.29 is 32.5 Å². The Balaban J connectivity index is -0.0000000667. The Morgan fingerprint density at radius 1 is 0.933 bits per heavy atom. The molecule has 1 heterocycles. The average molecular weight is 232 g/mol. The maximum absolute atomic E-state index is 10.5. The fraction of sp³-hybridized carbons (Fsp3) is 0.200. The van der Waals surface area contributed by atoms with Gasteiger partial charge >= 0.3 is 5.69 Å². The minimum Gasteiger partial charge on any atom is -0.502 e. The lowest BCUT2D eigenvalue weighted by atomic mass is 10.4. The molecule has 10 nitrogen and oxygen atoms in total. The third kappa shape index (κ3) is 6.36. The van der Waals surface area contributed by atoms with Crippen molar-refractivity contribution in [3.63, 3.8) is 0 Å². The van der Waals surface area contributed by atoms with Gasteiger partial charge in [0.25, 0.3) is 5.56 Å². The van der Waals surface area contributed by atoms with Gasteiger partial charge in [0.05, 0.1) is 5.69 Å². The normalized spacial score (nSPS) is 6.47. The van der Waals surface area contributed by atoms with Crippen LogP contribution in [0, 0.1) is 6.92 Å². The number of aromatic amines is 2. The number of aromatic nitrogens is 2. The molecule has 0 radical (unpaired) electrons. The van der Waals surface area contributed by atoms with Crippen LogP contribution in [0.1, 0.15) is 5.69 Å². The standard InChI is InChI=1S/C5H6N2O3.5H2O/c1-2-3(8)4(9)7-5(10)6-2;;;;;/h8H,1H3,(H2,6,7,9,10);5*1H2. The van der Waals surface area contributed by atoms with Gasteiger partial charge in [-0.15, -0.1) is 0 Å². The Morgan fingerprint density at radius 3 is 1.67 bits per heavy atom. The van der Waals surface area contributed by atoms with Gasteiger partial charge in [0.15, 0.2) is 0 Å². The molecule has 0 aliphatic carbocycles. The van der Waals surface area contributed by atoms with Crippen molar-refractivity contribution in [2.75, 3.05) is 0 Å². The van der Waals surface area contributed by atoms with Gasteiger partial charge in [-0.2, -0.15) is 0 Å². The molecule has 0 atom stereocenters. The maximum Gasteiger partial charge on any atom is 0.326 e. The molecule has 0 unspecified atom stereocenters. The van der Waals surface area contributed by atoms with E-state index in [9.17, 15) is 9.59 Å². The first-order valence-electron chi connectivity index (χ1n) is 2.63. The lowest BCUT2D eigenvalue weighted by Crippen LogP contribution is -2.22. The molecule has 0 amide bonds. The summed E-state index contributed by atoms with van der Waals surface area (Å²) in [4.78, 5) is 25.1. The number of aryl methyl sites for hydroxylation is 1. The number of H-pyrrole nitrogens is 2. The van der Waals surface area contributed by atoms with Gasteiger partial charge < -0.3 is 37.5 Å². The van der Waals surface area contributed by atoms with Gasteiger partial charge in [0.2, 0.25) is 5.75 Å². The molecule has 0 aliphatic heterocycles. The fourth-order valence-electron chi connectivity index (χ4n) is 0.593. The third-order valence-electron chi connectivity index (χ3n) is 1.10. The molecule has 15 heavy (non-hydrogen) atoms. The van der Waals surface area contributed by atoms with Crippen LogP contribution in [-0.4, -0.2) is 42.5 Å². The van der Waals surface area contributed by atoms with Crippen LogP contribution in [0.2, 0.25) is 0 Å². The number of hydrogen-bond donors (Lipinski definition) is 3. The second kappa shape index (κ2) is 10.4. The first-order chi connectivity index (χ1) is 4.61. The van der Waals surface area contributed by atoms with Crippen molar-refractivity contribution in [1.29, 1.82) is 0 Å². The highest BCUT2D eigenvalue weighted by atomic mass is 16.3. The van der Waals surface area contributed by atoms with Crippen molar-refractivity contribution in [2.24, 2.45) is 0 Å². The van der Waals surface area contributed by atoms with Gasteiger partial charge in [-0.25, -0.2) is 4.79 Å². The van der Waals surface area contributed by atoms with E-state index in [1.54, 1.807) is 0 Å². The molecule has 0 aromatic carbocycles. The third-order valence-corrected chi connectivity index (χ3v) is 1.10. The van der Waals surface area contributed by atoms with Crippen LogP contribution in [0.4, 0.5) is 0 Å². The second-order valence-electron chi connectivity index (χ2n) is 1.88. The van der Waals surface area contributed by atoms with Crippen molar-refractivity contribution in [1.82, 2.24) is 9.97 Å². The van der Waals surface area contributed by atoms with Crippen molar-refractivity contribution >= 4 is 0 Å². The quantitative estimate of drug-likeness (QED) is 0.397. The van der Waals surface area contributed by atoms with E-state index in [1.165, 1.54) is 6.92 Å². The molecule has 1 aromatic rings. The van der Waals surface area contributed by atoms with Crippen LogP contribution >= 0.6 is 0 Å². The highest BCUT2D eigenvalue weighted by Crippen LogP contribution is 1.99. The predicted octanol–water partition coefficient (Wildman–Crippen LogP) is -5.05. The monoisotopic (exact) mass is 232 g/mol. The van der Waals surface area contributed by atoms with Gasteiger partial charge in [-0.05, 0) is 6.92 Å². The van der Waals surface area contributed by atoms with Crippen LogP contribution in [-0.2, 0) is 0 Å². The smallest absolute Gasteiger partial charge is 0.326 e. The SMILES string of the molecule is Cc1[nH]c(=O)[nH]c(=O)c1O.O.O.O.O.O. The topological polar surface area (TPSA) is 243 Å². The summed E-state index contributed by atoms with van der Waals surface area (Å²) in [5.74, 6) is -0.445. The summed E-state index contributed by atoms with van der Waals surface area (Å²) in [5, 5.41) is 8.82. The Hall–Kier alpha value is -1.72. The minimum absolute atomic E-state index is 0. The molecular weight excluding hydrogens is 216 g/mol. The largest absolute Gasteiger partial charge is 0.502 e. The number of hydrogen-bond acceptors (Lipinski definition) is 3. The Morgan fingerprint density at radius 2 is 1.33 bits per heavy atom. The molecule has 13 N–H and O–H groups in total. The summed E-state index contributed by atoms with van der Waals surface area (Å²) in [6, 6.07) is 0. The highest BCUT2D eigenvalue weighted by molar-refractivity contribution is 5.19. The van der Waals surface area contributed by atoms with Crippen molar-refractivity contribution in [2.45, 2.75) is 6.92 Å². The Bertz CT molecular complexity index is 355. The van der Waals surface area contributed by atoms with Crippen LogP contribution in [0.25, 0.3) is 0 Å². The molecular formula is C5H16N2O8. The molecule has 94 valence electrons. The maximum atomic E-state index is 10.5. The van der Waals surface area contributed by atoms with E-state index in [0.29, 0.717) is 0 Å². The van der Waals surface area contributed by atoms with Crippen LogP contribution in [0.5, 0.6) is 5.75 Å². The van der Waals surface area contributed by atoms with E-state index < -0.39 is 17.0 Å². The van der Waals surface area contributed by atoms with Crippen LogP contribution in [0.3, 0.4) is 0 Å². The van der Waals surface area contributed by atoms with Gasteiger partial charge in [0, 0.05) is 0 Å². The van der Waals surface area contributed by atoms with E-state index in [0.717, 1.165) is 0 Å². The summed E-state index contributed by atoms with van der Waals surface area (Å²) in [5.41, 5.74) is -1.20. The second-order valence-corrected chi connectivity index (χ2v) is 1.88. The zero-order valence-electron chi connectivity index (χ0n) is 7.76. The number of aromatic hydroxyl groups is 1. The van der Waals surface area contributed by atoms with E-state index >= 15 is 0 Å². The fourth-order valence-corrected chi connectivity index (χ4v) is 0.593. The number of rotatable bonds is 0. The molecule has 0 bridgehead atoms. The van der Waals surface area contributed by atoms with Crippen molar-refractivity contribution in [3.8, 4) is 5.75 Å². The molecule has 0 saturated heterocycles. The van der Waals surface area contributed by atoms with Crippen molar-refractivity contribution in [3.05, 3.63) is 26.5 Å². The Labute approximate surface area is 82.8 Å². The zero-order valence-corrected chi connectivity index (χ0v) is 7.76. The first kappa shape index (κ1) is 29.2. The molecule has 1 rings (SSSR count). The van der Waals surface area contributed by atoms with E-state index in [-0.39, 0.29) is 33.1 Å². The lowest BCUT2D eigenvalue weighted by Gasteiger charge is -1.92. The molecule has 0 spiro atoms. The minimum atomic E-state index is -0.763. The molecule has 1 aromatic heterocycles. The van der Waals surface area contributed by atoms with E-state index in [2.05, 4.69) is 4.98 Å². The molecule has 0 fully saturated rings. The summed E-state index contributed by atoms with van der Waals surface area (Å²) >= 11 is 0. The average Bonchev–Trinajstić information content (AvgIpc) is 1.82. The number of nitrogens with one attached hydrogen (secondary N) is 2. The molecule has 0 aliphatic rings. The van der Waals surface area contributed by atoms with E-state index in [4.69, 9.17) is 5.11 Å². The van der Waals surface area contributed by atoms with Crippen LogP contribution in [0.15, 0.2) is 9.59 Å². The van der Waals surface area contributed by atoms with Gasteiger partial charge in [0.1, 0.15) is 0 Å². The van der Waals surface area contributed by atoms with Crippen LogP contribution < -0.4 is 11.2 Å². The van der Waals surface area contributed by atoms with Gasteiger partial charge in [-0.3, -0.25) is 9.78 Å². The molecule has 0 saturated carbocycles. The summed E-state index contributed by atoms with van der Waals surface area (Å²) < 4.78 is 0. The lowest BCUT2D eigenvalue weighted by molar-refractivity contribution is 0.457. The summed E-state index contributed by atoms with van der Waals surface area (Å²) in [6.45, 7) is 1.44. The summed E-state index contributed by atoms with van der Waals surface area (Å²) in [7, 11) is 0. The zero-order chi connectivity index (χ0) is 7.72. The molecule has 10 heteroatoms. The predicted molar refractivity (Wildman–Crippen MR) is 52.2 cm³/mol. The Kier molecular flexibility index (Phi) is 20.2. The summed E-state index contributed by atoms with van der Waals surface area (Å²) in [6.07, 6.45) is 0. The first-order valence-corrected chi connectivity index (χ1v) is 2.63. The highest BCUT2D eigenvalue weighted by Gasteiger charge is 2.00.